The molecule has 1 aliphatic heterocycles. The number of carbonyl (C=O) groups is 3. The fraction of sp³-hybridized carbons (Fsp3) is 0.0606. The minimum atomic E-state index is -0.723. The number of rotatable bonds is 7. The first-order valence-corrected chi connectivity index (χ1v) is 16.3. The normalized spacial score (nSPS) is 14.1. The molecule has 5 aromatic rings. The first kappa shape index (κ1) is 32.0. The number of aryl methyl sites for hydroxylation is 2. The SMILES string of the molecule is Cc1ccc(N2C(=O)/C(=C/c3ccc(Sc4nc5ccc(NC(=O)c6ccccc6C)cc5s4)c([N+](=O)[O-])c3)C(=O)NC2=S)cc1Cl. The highest BCUT2D eigenvalue weighted by molar-refractivity contribution is 8.01. The quantitative estimate of drug-likeness (QED) is 0.0580. The monoisotopic (exact) mass is 699 g/mol. The highest BCUT2D eigenvalue weighted by Crippen LogP contribution is 2.40. The zero-order valence-electron chi connectivity index (χ0n) is 24.6. The second kappa shape index (κ2) is 13.0. The third-order valence-electron chi connectivity index (χ3n) is 7.22. The number of carbonyl (C=O) groups excluding carboxylic acids is 3. The smallest absolute Gasteiger partial charge is 0.283 e. The molecule has 3 amide bonds. The van der Waals surface area contributed by atoms with Crippen LogP contribution in [-0.2, 0) is 9.59 Å². The summed E-state index contributed by atoms with van der Waals surface area (Å²) >= 11 is 13.9. The highest BCUT2D eigenvalue weighted by atomic mass is 35.5. The number of halogens is 1. The zero-order chi connectivity index (χ0) is 33.4. The number of anilines is 2. The van der Waals surface area contributed by atoms with Gasteiger partial charge < -0.3 is 5.32 Å². The van der Waals surface area contributed by atoms with E-state index in [1.165, 1.54) is 23.5 Å². The van der Waals surface area contributed by atoms with Crippen LogP contribution in [0.1, 0.15) is 27.0 Å². The van der Waals surface area contributed by atoms with Gasteiger partial charge in [-0.25, -0.2) is 4.98 Å². The maximum Gasteiger partial charge on any atom is 0.283 e. The van der Waals surface area contributed by atoms with Crippen LogP contribution < -0.4 is 15.5 Å². The van der Waals surface area contributed by atoms with Gasteiger partial charge in [0.25, 0.3) is 23.4 Å². The molecule has 47 heavy (non-hydrogen) atoms. The Hall–Kier alpha value is -4.95. The Morgan fingerprint density at radius 2 is 1.85 bits per heavy atom. The van der Waals surface area contributed by atoms with Crippen molar-refractivity contribution in [1.29, 1.82) is 0 Å². The number of nitro benzene ring substituents is 1. The molecule has 0 bridgehead atoms. The van der Waals surface area contributed by atoms with Gasteiger partial charge in [0, 0.05) is 22.3 Å². The van der Waals surface area contributed by atoms with Crippen molar-refractivity contribution in [3.05, 3.63) is 122 Å². The largest absolute Gasteiger partial charge is 0.322 e. The molecule has 14 heteroatoms. The van der Waals surface area contributed by atoms with Gasteiger partial charge in [-0.15, -0.1) is 11.3 Å². The summed E-state index contributed by atoms with van der Waals surface area (Å²) in [6.07, 6.45) is 1.29. The van der Waals surface area contributed by atoms with Crippen molar-refractivity contribution in [2.45, 2.75) is 23.1 Å². The number of fused-ring (bicyclic) bond motifs is 1. The molecule has 10 nitrogen and oxygen atoms in total. The van der Waals surface area contributed by atoms with E-state index >= 15 is 0 Å². The number of nitrogens with one attached hydrogen (secondary N) is 2. The Balaban J connectivity index is 1.25. The predicted octanol–water partition coefficient (Wildman–Crippen LogP) is 7.71. The van der Waals surface area contributed by atoms with Gasteiger partial charge >= 0.3 is 0 Å². The molecule has 0 spiro atoms. The van der Waals surface area contributed by atoms with E-state index in [1.54, 1.807) is 54.6 Å². The van der Waals surface area contributed by atoms with Gasteiger partial charge in [0.05, 0.1) is 25.7 Å². The minimum Gasteiger partial charge on any atom is -0.322 e. The van der Waals surface area contributed by atoms with E-state index in [9.17, 15) is 24.5 Å². The van der Waals surface area contributed by atoms with Crippen LogP contribution in [0.5, 0.6) is 0 Å². The van der Waals surface area contributed by atoms with Crippen LogP contribution in [0.15, 0.2) is 93.7 Å². The van der Waals surface area contributed by atoms with Gasteiger partial charge in [-0.2, -0.15) is 0 Å². The van der Waals surface area contributed by atoms with Crippen LogP contribution in [0.3, 0.4) is 0 Å². The lowest BCUT2D eigenvalue weighted by atomic mass is 10.1. The number of benzene rings is 4. The molecular weight excluding hydrogens is 678 g/mol. The summed E-state index contributed by atoms with van der Waals surface area (Å²) in [7, 11) is 0. The molecule has 1 aliphatic rings. The van der Waals surface area contributed by atoms with Gasteiger partial charge in [-0.1, -0.05) is 53.7 Å². The molecule has 6 rings (SSSR count). The van der Waals surface area contributed by atoms with Crippen molar-refractivity contribution in [3.63, 3.8) is 0 Å². The number of aromatic nitrogens is 1. The predicted molar refractivity (Wildman–Crippen MR) is 188 cm³/mol. The third-order valence-corrected chi connectivity index (χ3v) is 10.1. The molecule has 0 atom stereocenters. The molecule has 0 aliphatic carbocycles. The molecule has 234 valence electrons. The van der Waals surface area contributed by atoms with Crippen LogP contribution in [-0.4, -0.2) is 32.7 Å². The Bertz CT molecular complexity index is 2200. The molecule has 0 unspecified atom stereocenters. The van der Waals surface area contributed by atoms with E-state index < -0.39 is 16.7 Å². The fourth-order valence-electron chi connectivity index (χ4n) is 4.78. The van der Waals surface area contributed by atoms with Gasteiger partial charge in [-0.05, 0) is 91.3 Å². The molecule has 1 fully saturated rings. The summed E-state index contributed by atoms with van der Waals surface area (Å²) < 4.78 is 1.34. The zero-order valence-corrected chi connectivity index (χ0v) is 27.8. The second-order valence-electron chi connectivity index (χ2n) is 10.4. The molecule has 2 heterocycles. The number of hydrogen-bond donors (Lipinski definition) is 2. The van der Waals surface area contributed by atoms with E-state index in [0.29, 0.717) is 36.7 Å². The maximum absolute atomic E-state index is 13.4. The molecule has 1 saturated heterocycles. The Morgan fingerprint density at radius 1 is 1.06 bits per heavy atom. The lowest BCUT2D eigenvalue weighted by Gasteiger charge is -2.29. The Labute approximate surface area is 286 Å². The van der Waals surface area contributed by atoms with Crippen molar-refractivity contribution in [1.82, 2.24) is 10.3 Å². The van der Waals surface area contributed by atoms with Crippen LogP contribution in [0.25, 0.3) is 16.3 Å². The van der Waals surface area contributed by atoms with Crippen LogP contribution in [0.4, 0.5) is 17.1 Å². The van der Waals surface area contributed by atoms with Crippen LogP contribution in [0, 0.1) is 24.0 Å². The van der Waals surface area contributed by atoms with Crippen LogP contribution >= 0.6 is 46.9 Å². The maximum atomic E-state index is 13.4. The van der Waals surface area contributed by atoms with Gasteiger partial charge in [0.2, 0.25) is 0 Å². The van der Waals surface area contributed by atoms with E-state index in [-0.39, 0.29) is 27.8 Å². The first-order chi connectivity index (χ1) is 22.5. The molecule has 0 saturated carbocycles. The fourth-order valence-corrected chi connectivity index (χ4v) is 7.38. The lowest BCUT2D eigenvalue weighted by Crippen LogP contribution is -2.54. The number of amides is 3. The summed E-state index contributed by atoms with van der Waals surface area (Å²) in [5, 5.41) is 17.8. The van der Waals surface area contributed by atoms with Crippen molar-refractivity contribution >= 4 is 103 Å². The van der Waals surface area contributed by atoms with E-state index in [4.69, 9.17) is 23.8 Å². The highest BCUT2D eigenvalue weighted by Gasteiger charge is 2.35. The van der Waals surface area contributed by atoms with Gasteiger partial charge in [0.1, 0.15) is 5.57 Å². The summed E-state index contributed by atoms with van der Waals surface area (Å²) in [5.74, 6) is -1.64. The number of nitro groups is 1. The molecule has 4 aromatic carbocycles. The number of thiazole rings is 1. The average Bonchev–Trinajstić information content (AvgIpc) is 3.43. The summed E-state index contributed by atoms with van der Waals surface area (Å²) in [6, 6.07) is 22.0. The van der Waals surface area contributed by atoms with Crippen molar-refractivity contribution in [2.75, 3.05) is 10.2 Å². The standard InChI is InChI=1S/C33H22ClN5O5S3/c1-17-5-3-4-6-22(17)29(40)35-20-9-11-25-28(15-20)47-33(36-25)46-27-12-8-19(14-26(27)39(43)44)13-23-30(41)37-32(45)38(31(23)42)21-10-7-18(2)24(34)16-21/h3-16H,1-2H3,(H,35,40)(H,37,41,45)/b23-13+. The average molecular weight is 700 g/mol. The van der Waals surface area contributed by atoms with Gasteiger partial charge in [-0.3, -0.25) is 34.7 Å². The summed E-state index contributed by atoms with van der Waals surface area (Å²) in [4.78, 5) is 56.7. The Kier molecular flexibility index (Phi) is 8.88. The van der Waals surface area contributed by atoms with Crippen molar-refractivity contribution in [2.24, 2.45) is 0 Å². The van der Waals surface area contributed by atoms with Crippen molar-refractivity contribution < 1.29 is 19.3 Å². The Morgan fingerprint density at radius 3 is 2.60 bits per heavy atom. The number of thiocarbonyl (C=S) groups is 1. The molecular formula is C33H22ClN5O5S3. The number of hydrogen-bond acceptors (Lipinski definition) is 9. The number of nitrogens with zero attached hydrogens (tertiary/aromatic N) is 3. The molecule has 1 aromatic heterocycles. The van der Waals surface area contributed by atoms with Crippen LogP contribution in [0.2, 0.25) is 5.02 Å². The van der Waals surface area contributed by atoms with E-state index in [1.807, 2.05) is 32.0 Å². The van der Waals surface area contributed by atoms with Crippen molar-refractivity contribution in [3.8, 4) is 0 Å². The van der Waals surface area contributed by atoms with Gasteiger partial charge in [0.15, 0.2) is 9.45 Å². The third kappa shape index (κ3) is 6.65. The first-order valence-electron chi connectivity index (χ1n) is 13.9. The second-order valence-corrected chi connectivity index (χ2v) is 13.5. The van der Waals surface area contributed by atoms with E-state index in [0.717, 1.165) is 32.5 Å². The lowest BCUT2D eigenvalue weighted by molar-refractivity contribution is -0.387. The topological polar surface area (TPSA) is 135 Å². The molecule has 2 N–H and O–H groups in total. The molecule has 0 radical (unpaired) electrons. The minimum absolute atomic E-state index is 0.105. The summed E-state index contributed by atoms with van der Waals surface area (Å²) in [5.41, 5.74) is 3.67. The van der Waals surface area contributed by atoms with E-state index in [2.05, 4.69) is 15.6 Å². The summed E-state index contributed by atoms with van der Waals surface area (Å²) in [6.45, 7) is 3.68.